The number of phenolic OH excluding ortho intramolecular Hbond substituents is 4. The van der Waals surface area contributed by atoms with E-state index in [0.717, 1.165) is 0 Å². The monoisotopic (exact) mass is 329 g/mol. The van der Waals surface area contributed by atoms with Gasteiger partial charge in [-0.1, -0.05) is 0 Å². The van der Waals surface area contributed by atoms with Crippen molar-refractivity contribution in [2.24, 2.45) is 21.0 Å². The van der Waals surface area contributed by atoms with Gasteiger partial charge in [0.05, 0.1) is 12.4 Å². The fourth-order valence-corrected chi connectivity index (χ4v) is 1.63. The summed E-state index contributed by atoms with van der Waals surface area (Å²) in [5.74, 6) is -0.552. The van der Waals surface area contributed by atoms with E-state index in [1.54, 1.807) is 0 Å². The van der Waals surface area contributed by atoms with Crippen molar-refractivity contribution in [3.8, 4) is 23.0 Å². The number of benzene rings is 2. The van der Waals surface area contributed by atoms with Crippen molar-refractivity contribution in [1.82, 2.24) is 5.43 Å². The molecule has 7 N–H and O–H groups in total. The lowest BCUT2D eigenvalue weighted by molar-refractivity contribution is 0.449. The lowest BCUT2D eigenvalue weighted by Crippen LogP contribution is -2.26. The molecule has 2 aromatic carbocycles. The molecule has 9 nitrogen and oxygen atoms in total. The molecule has 0 heterocycles. The number of guanidine groups is 1. The summed E-state index contributed by atoms with van der Waals surface area (Å²) in [6.45, 7) is 0. The third kappa shape index (κ3) is 4.63. The molecule has 0 amide bonds. The first kappa shape index (κ1) is 16.6. The van der Waals surface area contributed by atoms with Gasteiger partial charge >= 0.3 is 0 Å². The Hall–Kier alpha value is -3.75. The molecule has 24 heavy (non-hydrogen) atoms. The topological polar surface area (TPSA) is 156 Å². The van der Waals surface area contributed by atoms with Gasteiger partial charge in [-0.2, -0.15) is 10.2 Å². The second-order valence-corrected chi connectivity index (χ2v) is 4.59. The molecule has 0 aliphatic heterocycles. The number of hydrogen-bond donors (Lipinski definition) is 6. The minimum Gasteiger partial charge on any atom is -0.508 e. The SMILES string of the molecule is N/C(=N\N=C\c1ccc(O)cc1O)N/N=C/c1ccc(O)cc1O. The Morgan fingerprint density at radius 3 is 1.96 bits per heavy atom. The highest BCUT2D eigenvalue weighted by Gasteiger charge is 2.00. The average molecular weight is 329 g/mol. The van der Waals surface area contributed by atoms with Crippen molar-refractivity contribution in [2.45, 2.75) is 0 Å². The van der Waals surface area contributed by atoms with Crippen LogP contribution in [0.3, 0.4) is 0 Å². The van der Waals surface area contributed by atoms with Crippen LogP contribution in [0.25, 0.3) is 0 Å². The third-order valence-corrected chi connectivity index (χ3v) is 2.77. The standard InChI is InChI=1S/C15H15N5O4/c16-15(19-17-7-9-1-3-11(21)5-13(9)23)20-18-8-10-2-4-12(22)6-14(10)24/h1-8,21-24H,(H3,16,19,20)/b17-7+,18-8+. The fourth-order valence-electron chi connectivity index (χ4n) is 1.63. The zero-order chi connectivity index (χ0) is 17.5. The van der Waals surface area contributed by atoms with Gasteiger partial charge in [-0.25, -0.2) is 5.43 Å². The molecule has 0 unspecified atom stereocenters. The summed E-state index contributed by atoms with van der Waals surface area (Å²) in [6.07, 6.45) is 2.53. The van der Waals surface area contributed by atoms with Crippen LogP contribution in [0.15, 0.2) is 51.7 Å². The third-order valence-electron chi connectivity index (χ3n) is 2.77. The minimum absolute atomic E-state index is 0.0643. The number of aromatic hydroxyl groups is 4. The lowest BCUT2D eigenvalue weighted by Gasteiger charge is -2.00. The molecule has 0 saturated heterocycles. The zero-order valence-corrected chi connectivity index (χ0v) is 12.3. The maximum Gasteiger partial charge on any atom is 0.234 e. The molecule has 124 valence electrons. The minimum atomic E-state index is -0.152. The van der Waals surface area contributed by atoms with Gasteiger partial charge in [0.2, 0.25) is 5.96 Å². The quantitative estimate of drug-likeness (QED) is 0.276. The van der Waals surface area contributed by atoms with E-state index in [1.807, 2.05) is 0 Å². The molecule has 9 heteroatoms. The van der Waals surface area contributed by atoms with Crippen molar-refractivity contribution in [3.05, 3.63) is 47.5 Å². The van der Waals surface area contributed by atoms with Crippen molar-refractivity contribution in [3.63, 3.8) is 0 Å². The van der Waals surface area contributed by atoms with Crippen molar-refractivity contribution in [2.75, 3.05) is 0 Å². The smallest absolute Gasteiger partial charge is 0.234 e. The second kappa shape index (κ2) is 7.49. The molecule has 0 bridgehead atoms. The summed E-state index contributed by atoms with van der Waals surface area (Å²) in [5, 5.41) is 48.5. The van der Waals surface area contributed by atoms with Gasteiger partial charge in [-0.05, 0) is 24.3 Å². The Balaban J connectivity index is 1.96. The predicted molar refractivity (Wildman–Crippen MR) is 89.5 cm³/mol. The van der Waals surface area contributed by atoms with Crippen molar-refractivity contribution < 1.29 is 20.4 Å². The number of nitrogens with zero attached hydrogens (tertiary/aromatic N) is 3. The molecule has 0 atom stereocenters. The van der Waals surface area contributed by atoms with Crippen molar-refractivity contribution in [1.29, 1.82) is 0 Å². The van der Waals surface area contributed by atoms with E-state index < -0.39 is 0 Å². The first-order chi connectivity index (χ1) is 11.5. The van der Waals surface area contributed by atoms with E-state index in [0.29, 0.717) is 11.1 Å². The van der Waals surface area contributed by atoms with E-state index in [1.165, 1.54) is 48.8 Å². The van der Waals surface area contributed by atoms with E-state index in [2.05, 4.69) is 20.7 Å². The Morgan fingerprint density at radius 2 is 1.42 bits per heavy atom. The van der Waals surface area contributed by atoms with Crippen LogP contribution in [0.5, 0.6) is 23.0 Å². The highest BCUT2D eigenvalue weighted by molar-refractivity contribution is 5.87. The van der Waals surface area contributed by atoms with Gasteiger partial charge in [0.15, 0.2) is 0 Å². The maximum atomic E-state index is 9.56. The van der Waals surface area contributed by atoms with Gasteiger partial charge in [0.1, 0.15) is 23.0 Å². The highest BCUT2D eigenvalue weighted by Crippen LogP contribution is 2.21. The normalized spacial score (nSPS) is 12.1. The number of phenols is 4. The Labute approximate surface area is 136 Å². The molecule has 0 aliphatic carbocycles. The fraction of sp³-hybridized carbons (Fsp3) is 0. The summed E-state index contributed by atoms with van der Waals surface area (Å²) >= 11 is 0. The van der Waals surface area contributed by atoms with Crippen LogP contribution in [-0.2, 0) is 0 Å². The highest BCUT2D eigenvalue weighted by atomic mass is 16.3. The molecule has 2 rings (SSSR count). The summed E-state index contributed by atoms with van der Waals surface area (Å²) in [4.78, 5) is 0. The number of rotatable bonds is 4. The Kier molecular flexibility index (Phi) is 5.19. The van der Waals surface area contributed by atoms with Crippen LogP contribution in [0, 0.1) is 0 Å². The van der Waals surface area contributed by atoms with Crippen LogP contribution >= 0.6 is 0 Å². The molecular weight excluding hydrogens is 314 g/mol. The largest absolute Gasteiger partial charge is 0.508 e. The van der Waals surface area contributed by atoms with Gasteiger partial charge in [0, 0.05) is 23.3 Å². The zero-order valence-electron chi connectivity index (χ0n) is 12.3. The van der Waals surface area contributed by atoms with E-state index in [4.69, 9.17) is 10.8 Å². The molecule has 0 fully saturated rings. The lowest BCUT2D eigenvalue weighted by atomic mass is 10.2. The number of nitrogens with one attached hydrogen (secondary N) is 1. The van der Waals surface area contributed by atoms with E-state index >= 15 is 0 Å². The van der Waals surface area contributed by atoms with Gasteiger partial charge in [-0.15, -0.1) is 5.10 Å². The average Bonchev–Trinajstić information content (AvgIpc) is 2.51. The second-order valence-electron chi connectivity index (χ2n) is 4.59. The summed E-state index contributed by atoms with van der Waals surface area (Å²) < 4.78 is 0. The van der Waals surface area contributed by atoms with E-state index in [9.17, 15) is 15.3 Å². The Bertz CT molecular complexity index is 818. The molecule has 2 aromatic rings. The van der Waals surface area contributed by atoms with Crippen LogP contribution in [0.1, 0.15) is 11.1 Å². The predicted octanol–water partition coefficient (Wildman–Crippen LogP) is 0.781. The number of hydrogen-bond acceptors (Lipinski definition) is 7. The molecular formula is C15H15N5O4. The molecule has 0 aliphatic rings. The van der Waals surface area contributed by atoms with E-state index in [-0.39, 0.29) is 29.0 Å². The van der Waals surface area contributed by atoms with Crippen LogP contribution in [0.2, 0.25) is 0 Å². The summed E-state index contributed by atoms with van der Waals surface area (Å²) in [5.41, 5.74) is 8.64. The first-order valence-electron chi connectivity index (χ1n) is 6.65. The summed E-state index contributed by atoms with van der Waals surface area (Å²) in [6, 6.07) is 8.05. The molecule has 0 saturated carbocycles. The van der Waals surface area contributed by atoms with Gasteiger partial charge in [0.25, 0.3) is 0 Å². The number of hydrazone groups is 1. The van der Waals surface area contributed by atoms with Gasteiger partial charge in [-0.3, -0.25) is 0 Å². The Morgan fingerprint density at radius 1 is 0.875 bits per heavy atom. The van der Waals surface area contributed by atoms with Crippen molar-refractivity contribution >= 4 is 18.4 Å². The molecule has 0 radical (unpaired) electrons. The van der Waals surface area contributed by atoms with Crippen LogP contribution in [0.4, 0.5) is 0 Å². The number of nitrogens with two attached hydrogens (primary N) is 1. The first-order valence-corrected chi connectivity index (χ1v) is 6.65. The van der Waals surface area contributed by atoms with Crippen LogP contribution < -0.4 is 11.2 Å². The summed E-state index contributed by atoms with van der Waals surface area (Å²) in [7, 11) is 0. The molecule has 0 aromatic heterocycles. The van der Waals surface area contributed by atoms with Crippen LogP contribution in [-0.4, -0.2) is 38.8 Å². The maximum absolute atomic E-state index is 9.56. The molecule has 0 spiro atoms. The van der Waals surface area contributed by atoms with Gasteiger partial charge < -0.3 is 26.2 Å².